The van der Waals surface area contributed by atoms with Crippen LogP contribution >= 0.6 is 0 Å². The number of para-hydroxylation sites is 1. The fourth-order valence-electron chi connectivity index (χ4n) is 4.77. The lowest BCUT2D eigenvalue weighted by molar-refractivity contribution is -0.123. The zero-order valence-corrected chi connectivity index (χ0v) is 17.4. The molecule has 4 heteroatoms. The molecule has 0 bridgehead atoms. The number of hydrogen-bond acceptors (Lipinski definition) is 3. The number of amides is 1. The quantitative estimate of drug-likeness (QED) is 0.689. The Kier molecular flexibility index (Phi) is 6.19. The highest BCUT2D eigenvalue weighted by atomic mass is 16.5. The van der Waals surface area contributed by atoms with Crippen molar-refractivity contribution in [2.75, 3.05) is 26.7 Å². The van der Waals surface area contributed by atoms with Crippen molar-refractivity contribution in [3.63, 3.8) is 0 Å². The van der Waals surface area contributed by atoms with Crippen molar-refractivity contribution in [2.45, 2.75) is 38.6 Å². The maximum absolute atomic E-state index is 12.6. The van der Waals surface area contributed by atoms with Crippen molar-refractivity contribution in [2.24, 2.45) is 11.3 Å². The molecule has 4 rings (SSSR count). The SMILES string of the molecule is COc1ccccc1CN1CCC2(CC1)C[C@@H]2C(=O)NCCCc1ccccc1. The molecule has 0 radical (unpaired) electrons. The topological polar surface area (TPSA) is 41.6 Å². The van der Waals surface area contributed by atoms with E-state index in [1.54, 1.807) is 7.11 Å². The molecule has 1 saturated carbocycles. The molecule has 1 saturated heterocycles. The number of piperidine rings is 1. The lowest BCUT2D eigenvalue weighted by atomic mass is 9.90. The van der Waals surface area contributed by atoms with Crippen molar-refractivity contribution in [3.8, 4) is 5.75 Å². The zero-order chi connectivity index (χ0) is 20.1. The predicted molar refractivity (Wildman–Crippen MR) is 116 cm³/mol. The summed E-state index contributed by atoms with van der Waals surface area (Å²) < 4.78 is 5.48. The van der Waals surface area contributed by atoms with E-state index >= 15 is 0 Å². The number of hydrogen-bond donors (Lipinski definition) is 1. The van der Waals surface area contributed by atoms with Crippen LogP contribution in [0, 0.1) is 11.3 Å². The molecule has 4 nitrogen and oxygen atoms in total. The first kappa shape index (κ1) is 20.0. The maximum Gasteiger partial charge on any atom is 0.223 e. The van der Waals surface area contributed by atoms with Gasteiger partial charge in [0, 0.05) is 24.6 Å². The number of nitrogens with zero attached hydrogens (tertiary/aromatic N) is 1. The van der Waals surface area contributed by atoms with Gasteiger partial charge >= 0.3 is 0 Å². The summed E-state index contributed by atoms with van der Waals surface area (Å²) in [4.78, 5) is 15.1. The minimum absolute atomic E-state index is 0.229. The Bertz CT molecular complexity index is 813. The first-order valence-corrected chi connectivity index (χ1v) is 10.9. The first-order valence-electron chi connectivity index (χ1n) is 10.9. The molecular formula is C25H32N2O2. The summed E-state index contributed by atoms with van der Waals surface area (Å²) in [7, 11) is 1.73. The smallest absolute Gasteiger partial charge is 0.223 e. The number of carbonyl (C=O) groups excluding carboxylic acids is 1. The van der Waals surface area contributed by atoms with Crippen molar-refractivity contribution < 1.29 is 9.53 Å². The molecule has 1 heterocycles. The van der Waals surface area contributed by atoms with Gasteiger partial charge in [0.2, 0.25) is 5.91 Å². The molecule has 1 amide bonds. The lowest BCUT2D eigenvalue weighted by Crippen LogP contribution is -2.37. The number of methoxy groups -OCH3 is 1. The zero-order valence-electron chi connectivity index (χ0n) is 17.4. The Hall–Kier alpha value is -2.33. The van der Waals surface area contributed by atoms with Gasteiger partial charge in [-0.25, -0.2) is 0 Å². The highest BCUT2D eigenvalue weighted by molar-refractivity contribution is 5.82. The van der Waals surface area contributed by atoms with E-state index in [9.17, 15) is 4.79 Å². The van der Waals surface area contributed by atoms with Crippen LogP contribution in [0.3, 0.4) is 0 Å². The highest BCUT2D eigenvalue weighted by Crippen LogP contribution is 2.59. The van der Waals surface area contributed by atoms with E-state index in [1.165, 1.54) is 11.1 Å². The van der Waals surface area contributed by atoms with E-state index in [0.717, 1.165) is 64.0 Å². The Morgan fingerprint density at radius 3 is 2.59 bits per heavy atom. The normalized spacial score (nSPS) is 20.4. The van der Waals surface area contributed by atoms with Crippen LogP contribution in [0.15, 0.2) is 54.6 Å². The molecule has 1 atom stereocenters. The van der Waals surface area contributed by atoms with Crippen LogP contribution in [0.2, 0.25) is 0 Å². The lowest BCUT2D eigenvalue weighted by Gasteiger charge is -2.33. The molecule has 29 heavy (non-hydrogen) atoms. The van der Waals surface area contributed by atoms with Crippen LogP contribution in [-0.4, -0.2) is 37.6 Å². The van der Waals surface area contributed by atoms with Crippen molar-refractivity contribution in [3.05, 3.63) is 65.7 Å². The van der Waals surface area contributed by atoms with E-state index in [-0.39, 0.29) is 17.2 Å². The molecule has 0 aromatic heterocycles. The minimum atomic E-state index is 0.229. The Morgan fingerprint density at radius 1 is 1.10 bits per heavy atom. The van der Waals surface area contributed by atoms with Gasteiger partial charge in [-0.2, -0.15) is 0 Å². The van der Waals surface area contributed by atoms with E-state index < -0.39 is 0 Å². The molecule has 2 aromatic carbocycles. The summed E-state index contributed by atoms with van der Waals surface area (Å²) in [6, 6.07) is 18.7. The Labute approximate surface area is 174 Å². The van der Waals surface area contributed by atoms with Crippen LogP contribution in [0.5, 0.6) is 5.75 Å². The van der Waals surface area contributed by atoms with E-state index in [0.29, 0.717) is 0 Å². The molecule has 1 spiro atoms. The van der Waals surface area contributed by atoms with Gasteiger partial charge in [0.25, 0.3) is 0 Å². The summed E-state index contributed by atoms with van der Waals surface area (Å²) >= 11 is 0. The molecule has 2 aromatic rings. The Morgan fingerprint density at radius 2 is 1.83 bits per heavy atom. The van der Waals surface area contributed by atoms with Crippen LogP contribution in [-0.2, 0) is 17.8 Å². The van der Waals surface area contributed by atoms with Gasteiger partial charge in [0.15, 0.2) is 0 Å². The van der Waals surface area contributed by atoms with Gasteiger partial charge in [-0.15, -0.1) is 0 Å². The third-order valence-electron chi connectivity index (χ3n) is 6.73. The van der Waals surface area contributed by atoms with Crippen molar-refractivity contribution in [1.82, 2.24) is 10.2 Å². The molecule has 1 aliphatic carbocycles. The number of likely N-dealkylation sites (tertiary alicyclic amines) is 1. The third-order valence-corrected chi connectivity index (χ3v) is 6.73. The van der Waals surface area contributed by atoms with Gasteiger partial charge in [0.1, 0.15) is 5.75 Å². The summed E-state index contributed by atoms with van der Waals surface area (Å²) in [5.41, 5.74) is 2.85. The van der Waals surface area contributed by atoms with E-state index in [4.69, 9.17) is 4.74 Å². The highest BCUT2D eigenvalue weighted by Gasteiger charge is 2.58. The standard InChI is InChI=1S/C25H32N2O2/c1-29-23-12-6-5-11-21(23)19-27-16-13-25(14-17-27)18-22(25)24(28)26-15-7-10-20-8-3-2-4-9-20/h2-6,8-9,11-12,22H,7,10,13-19H2,1H3,(H,26,28)/t22-/m1/s1. The number of carbonyl (C=O) groups is 1. The number of rotatable bonds is 8. The summed E-state index contributed by atoms with van der Waals surface area (Å²) in [6.07, 6.45) is 5.35. The van der Waals surface area contributed by atoms with E-state index in [1.807, 2.05) is 18.2 Å². The number of nitrogens with one attached hydrogen (secondary N) is 1. The van der Waals surface area contributed by atoms with Gasteiger partial charge in [-0.05, 0) is 62.2 Å². The summed E-state index contributed by atoms with van der Waals surface area (Å²) in [5, 5.41) is 3.18. The molecule has 2 fully saturated rings. The molecule has 0 unspecified atom stereocenters. The van der Waals surface area contributed by atoms with Crippen LogP contribution in [0.4, 0.5) is 0 Å². The van der Waals surface area contributed by atoms with Gasteiger partial charge < -0.3 is 10.1 Å². The summed E-state index contributed by atoms with van der Waals surface area (Å²) in [6.45, 7) is 3.84. The van der Waals surface area contributed by atoms with Crippen LogP contribution < -0.4 is 10.1 Å². The monoisotopic (exact) mass is 392 g/mol. The van der Waals surface area contributed by atoms with Crippen molar-refractivity contribution in [1.29, 1.82) is 0 Å². The summed E-state index contributed by atoms with van der Waals surface area (Å²) in [5.74, 6) is 1.47. The fraction of sp³-hybridized carbons (Fsp3) is 0.480. The Balaban J connectivity index is 1.18. The van der Waals surface area contributed by atoms with Gasteiger partial charge in [-0.1, -0.05) is 48.5 Å². The predicted octanol–water partition coefficient (Wildman–Crippen LogP) is 4.05. The number of ether oxygens (including phenoxy) is 1. The average molecular weight is 393 g/mol. The molecule has 1 N–H and O–H groups in total. The molecular weight excluding hydrogens is 360 g/mol. The van der Waals surface area contributed by atoms with Crippen molar-refractivity contribution >= 4 is 5.91 Å². The molecule has 2 aliphatic rings. The molecule has 1 aliphatic heterocycles. The second-order valence-electron chi connectivity index (χ2n) is 8.59. The number of benzene rings is 2. The van der Waals surface area contributed by atoms with E-state index in [2.05, 4.69) is 46.6 Å². The second kappa shape index (κ2) is 9.00. The second-order valence-corrected chi connectivity index (χ2v) is 8.59. The fourth-order valence-corrected chi connectivity index (χ4v) is 4.77. The minimum Gasteiger partial charge on any atom is -0.496 e. The molecule has 154 valence electrons. The van der Waals surface area contributed by atoms with Crippen LogP contribution in [0.25, 0.3) is 0 Å². The van der Waals surface area contributed by atoms with Crippen LogP contribution in [0.1, 0.15) is 36.8 Å². The third kappa shape index (κ3) is 4.81. The van der Waals surface area contributed by atoms with Gasteiger partial charge in [0.05, 0.1) is 7.11 Å². The largest absolute Gasteiger partial charge is 0.496 e. The maximum atomic E-state index is 12.6. The average Bonchev–Trinajstić information content (AvgIpc) is 3.47. The first-order chi connectivity index (χ1) is 14.2. The number of aryl methyl sites for hydroxylation is 1. The van der Waals surface area contributed by atoms with Gasteiger partial charge in [-0.3, -0.25) is 9.69 Å².